The molecule has 1 unspecified atom stereocenters. The molecule has 1 heterocycles. The Morgan fingerprint density at radius 3 is 2.44 bits per heavy atom. The number of rotatable bonds is 3. The molecule has 0 radical (unpaired) electrons. The van der Waals surface area contributed by atoms with Crippen molar-refractivity contribution >= 4 is 12.9 Å². The van der Waals surface area contributed by atoms with Crippen LogP contribution in [0.4, 0.5) is 0 Å². The highest BCUT2D eigenvalue weighted by atomic mass is 31.2. The molecule has 0 saturated heterocycles. The summed E-state index contributed by atoms with van der Waals surface area (Å²) in [6.45, 7) is 0.173. The van der Waals surface area contributed by atoms with Crippen molar-refractivity contribution < 1.29 is 28.2 Å². The smallest absolute Gasteiger partial charge is 0.359 e. The normalized spacial score (nSPS) is 22.2. The van der Waals surface area contributed by atoms with E-state index in [1.807, 2.05) is 0 Å². The Morgan fingerprint density at radius 1 is 1.22 bits per heavy atom. The molecule has 1 N–H and O–H groups in total. The predicted molar refractivity (Wildman–Crippen MR) is 65.2 cm³/mol. The summed E-state index contributed by atoms with van der Waals surface area (Å²) in [5.41, 5.74) is 0.632. The lowest BCUT2D eigenvalue weighted by Crippen LogP contribution is -2.22. The molecule has 0 spiro atoms. The van der Waals surface area contributed by atoms with Gasteiger partial charge in [-0.1, -0.05) is 0 Å². The molecule has 1 aliphatic rings. The average molecular weight is 274 g/mol. The molecule has 0 saturated carbocycles. The second-order valence-electron chi connectivity index (χ2n) is 3.75. The molecule has 0 fully saturated rings. The summed E-state index contributed by atoms with van der Waals surface area (Å²) in [7, 11) is 0.623. The van der Waals surface area contributed by atoms with Crippen molar-refractivity contribution in [2.24, 2.45) is 0 Å². The van der Waals surface area contributed by atoms with Gasteiger partial charge in [0.1, 0.15) is 0 Å². The Hall–Kier alpha value is -1.23. The fraction of sp³-hybridized carbons (Fsp3) is 0.455. The summed E-state index contributed by atoms with van der Waals surface area (Å²) in [6, 6.07) is 1.47. The van der Waals surface area contributed by atoms with Crippen LogP contribution < -0.4 is 19.5 Å². The third kappa shape index (κ3) is 1.96. The lowest BCUT2D eigenvalue weighted by Gasteiger charge is -2.25. The molecule has 0 bridgehead atoms. The average Bonchev–Trinajstić information content (AvgIpc) is 2.36. The lowest BCUT2D eigenvalue weighted by molar-refractivity contribution is 0.261. The largest absolute Gasteiger partial charge is 0.493 e. The molecule has 7 heteroatoms. The van der Waals surface area contributed by atoms with Gasteiger partial charge in [0.25, 0.3) is 0 Å². The van der Waals surface area contributed by atoms with Crippen LogP contribution in [0.15, 0.2) is 6.07 Å². The van der Waals surface area contributed by atoms with Gasteiger partial charge in [-0.2, -0.15) is 0 Å². The van der Waals surface area contributed by atoms with Gasteiger partial charge in [-0.15, -0.1) is 0 Å². The van der Waals surface area contributed by atoms with E-state index in [0.29, 0.717) is 29.2 Å². The Labute approximate surface area is 105 Å². The van der Waals surface area contributed by atoms with Crippen LogP contribution in [0.5, 0.6) is 17.2 Å². The number of fused-ring (bicyclic) bond motifs is 1. The van der Waals surface area contributed by atoms with E-state index in [2.05, 4.69) is 0 Å². The zero-order valence-electron chi connectivity index (χ0n) is 10.4. The van der Waals surface area contributed by atoms with Gasteiger partial charge >= 0.3 is 7.60 Å². The summed E-state index contributed by atoms with van der Waals surface area (Å²) in [4.78, 5) is 9.81. The van der Waals surface area contributed by atoms with Crippen molar-refractivity contribution in [2.45, 2.75) is 6.42 Å². The van der Waals surface area contributed by atoms with Gasteiger partial charge in [-0.05, 0) is 6.07 Å². The third-order valence-electron chi connectivity index (χ3n) is 2.83. The monoisotopic (exact) mass is 274 g/mol. The molecular weight excluding hydrogens is 259 g/mol. The first-order valence-corrected chi connectivity index (χ1v) is 6.92. The summed E-state index contributed by atoms with van der Waals surface area (Å²) >= 11 is 0. The van der Waals surface area contributed by atoms with Gasteiger partial charge in [0.2, 0.25) is 5.75 Å². The predicted octanol–water partition coefficient (Wildman–Crippen LogP) is 1.10. The zero-order valence-corrected chi connectivity index (χ0v) is 11.3. The topological polar surface area (TPSA) is 74.2 Å². The van der Waals surface area contributed by atoms with Crippen molar-refractivity contribution in [3.63, 3.8) is 0 Å². The zero-order chi connectivity index (χ0) is 13.3. The molecule has 2 rings (SSSR count). The SMILES string of the molecule is COc1cc2c(c(OC)c1OC)CCOP2(=O)O. The number of methoxy groups -OCH3 is 3. The molecule has 6 nitrogen and oxygen atoms in total. The summed E-state index contributed by atoms with van der Waals surface area (Å²) in [6.07, 6.45) is 0.489. The van der Waals surface area contributed by atoms with Gasteiger partial charge in [0.05, 0.1) is 33.2 Å². The van der Waals surface area contributed by atoms with Gasteiger partial charge in [0.15, 0.2) is 11.5 Å². The summed E-state index contributed by atoms with van der Waals surface area (Å²) < 4.78 is 32.6. The second kappa shape index (κ2) is 4.80. The van der Waals surface area contributed by atoms with E-state index in [1.54, 1.807) is 0 Å². The first kappa shape index (κ1) is 13.2. The standard InChI is InChI=1S/C11H15O6P/c1-14-8-6-9-7(4-5-17-18(9,12)13)10(15-2)11(8)16-3/h6H,4-5H2,1-3H3,(H,12,13). The van der Waals surface area contributed by atoms with Crippen LogP contribution in [0.25, 0.3) is 0 Å². The summed E-state index contributed by atoms with van der Waals surface area (Å²) in [5.74, 6) is 1.18. The van der Waals surface area contributed by atoms with Crippen LogP contribution in [0.2, 0.25) is 0 Å². The van der Waals surface area contributed by atoms with Crippen molar-refractivity contribution in [2.75, 3.05) is 27.9 Å². The van der Waals surface area contributed by atoms with E-state index in [1.165, 1.54) is 27.4 Å². The van der Waals surface area contributed by atoms with E-state index in [9.17, 15) is 9.46 Å². The van der Waals surface area contributed by atoms with E-state index in [4.69, 9.17) is 18.7 Å². The molecular formula is C11H15O6P. The van der Waals surface area contributed by atoms with Crippen LogP contribution in [-0.4, -0.2) is 32.8 Å². The highest BCUT2D eigenvalue weighted by Gasteiger charge is 2.35. The number of hydrogen-bond acceptors (Lipinski definition) is 5. The molecule has 0 aliphatic carbocycles. The number of ether oxygens (including phenoxy) is 3. The first-order chi connectivity index (χ1) is 8.55. The van der Waals surface area contributed by atoms with Crippen LogP contribution in [0.1, 0.15) is 5.56 Å². The van der Waals surface area contributed by atoms with Crippen LogP contribution in [0, 0.1) is 0 Å². The Bertz CT molecular complexity index is 513. The maximum atomic E-state index is 12.0. The maximum Gasteiger partial charge on any atom is 0.359 e. The Balaban J connectivity index is 2.74. The van der Waals surface area contributed by atoms with Crippen molar-refractivity contribution in [3.8, 4) is 17.2 Å². The van der Waals surface area contributed by atoms with Crippen molar-refractivity contribution in [1.29, 1.82) is 0 Å². The fourth-order valence-electron chi connectivity index (χ4n) is 2.04. The third-order valence-corrected chi connectivity index (χ3v) is 4.37. The van der Waals surface area contributed by atoms with E-state index in [0.717, 1.165) is 0 Å². The summed E-state index contributed by atoms with van der Waals surface area (Å²) in [5, 5.41) is 0.211. The first-order valence-electron chi connectivity index (χ1n) is 5.35. The molecule has 1 atom stereocenters. The number of benzene rings is 1. The molecule has 0 amide bonds. The van der Waals surface area contributed by atoms with Gasteiger partial charge < -0.3 is 23.6 Å². The Morgan fingerprint density at radius 2 is 1.89 bits per heavy atom. The van der Waals surface area contributed by atoms with Gasteiger partial charge in [-0.3, -0.25) is 4.57 Å². The van der Waals surface area contributed by atoms with E-state index in [-0.39, 0.29) is 11.9 Å². The van der Waals surface area contributed by atoms with Crippen LogP contribution in [0.3, 0.4) is 0 Å². The van der Waals surface area contributed by atoms with Crippen LogP contribution in [-0.2, 0) is 15.5 Å². The minimum atomic E-state index is -3.80. The maximum absolute atomic E-state index is 12.0. The van der Waals surface area contributed by atoms with Crippen LogP contribution >= 0.6 is 7.60 Å². The molecule has 18 heavy (non-hydrogen) atoms. The molecule has 1 aromatic carbocycles. The van der Waals surface area contributed by atoms with Gasteiger partial charge in [0, 0.05) is 12.0 Å². The molecule has 1 aromatic rings. The minimum absolute atomic E-state index is 0.173. The van der Waals surface area contributed by atoms with Gasteiger partial charge in [-0.25, -0.2) is 0 Å². The minimum Gasteiger partial charge on any atom is -0.493 e. The van der Waals surface area contributed by atoms with Crippen molar-refractivity contribution in [1.82, 2.24) is 0 Å². The molecule has 1 aliphatic heterocycles. The van der Waals surface area contributed by atoms with E-state index >= 15 is 0 Å². The quantitative estimate of drug-likeness (QED) is 0.832. The van der Waals surface area contributed by atoms with E-state index < -0.39 is 7.60 Å². The Kier molecular flexibility index (Phi) is 3.52. The fourth-order valence-corrected chi connectivity index (χ4v) is 3.35. The second-order valence-corrected chi connectivity index (χ2v) is 5.53. The highest BCUT2D eigenvalue weighted by molar-refractivity contribution is 7.61. The highest BCUT2D eigenvalue weighted by Crippen LogP contribution is 2.51. The van der Waals surface area contributed by atoms with Crippen molar-refractivity contribution in [3.05, 3.63) is 11.6 Å². The number of hydrogen-bond donors (Lipinski definition) is 1. The molecule has 0 aromatic heterocycles. The molecule has 100 valence electrons. The lowest BCUT2D eigenvalue weighted by atomic mass is 10.1.